The Morgan fingerprint density at radius 2 is 1.78 bits per heavy atom. The largest absolute Gasteiger partial charge is 0.347 e. The van der Waals surface area contributed by atoms with Gasteiger partial charge in [-0.2, -0.15) is 0 Å². The molecule has 1 heterocycles. The molecule has 3 N–H and O–H groups in total. The van der Waals surface area contributed by atoms with E-state index in [1.54, 1.807) is 13.3 Å². The van der Waals surface area contributed by atoms with Crippen molar-refractivity contribution in [2.45, 2.75) is 46.4 Å². The molecule has 0 saturated carbocycles. The van der Waals surface area contributed by atoms with E-state index in [-0.39, 0.29) is 11.8 Å². The maximum atomic E-state index is 12.1. The maximum absolute atomic E-state index is 12.1. The number of rotatable bonds is 6. The Bertz CT molecular complexity index is 983. The Kier molecular flexibility index (Phi) is 9.63. The number of nitrogens with one attached hydrogen (secondary N) is 3. The van der Waals surface area contributed by atoms with Gasteiger partial charge in [-0.3, -0.25) is 9.59 Å². The van der Waals surface area contributed by atoms with Gasteiger partial charge < -0.3 is 20.7 Å². The van der Waals surface area contributed by atoms with Crippen LogP contribution in [-0.2, 0) is 20.7 Å². The van der Waals surface area contributed by atoms with Gasteiger partial charge in [0.1, 0.15) is 0 Å². The number of benzene rings is 2. The molecule has 2 amide bonds. The standard InChI is InChI=1S/C15H19N3O2.C10H13NO/c1-10(2)11-5-4-6-13(7-11)18-14(19)12-8-16-15(20-3)17-9-12;1-3-9-5-4-6-10(7-9)11-8(2)12/h4-10,15-16H,1-3H3,(H,18,19);4-7H,3H2,1-2H3,(H,11,12). The predicted molar refractivity (Wildman–Crippen MR) is 130 cm³/mol. The molecule has 0 saturated heterocycles. The number of anilines is 2. The van der Waals surface area contributed by atoms with Crippen LogP contribution < -0.4 is 16.0 Å². The molecule has 2 aromatic rings. The summed E-state index contributed by atoms with van der Waals surface area (Å²) in [6.07, 6.45) is 3.68. The molecule has 2 aromatic carbocycles. The fraction of sp³-hybridized carbons (Fsp3) is 0.320. The zero-order chi connectivity index (χ0) is 23.5. The maximum Gasteiger partial charge on any atom is 0.258 e. The van der Waals surface area contributed by atoms with Gasteiger partial charge in [0.05, 0.1) is 5.57 Å². The lowest BCUT2D eigenvalue weighted by atomic mass is 10.0. The van der Waals surface area contributed by atoms with Crippen LogP contribution in [0.1, 0.15) is 44.7 Å². The summed E-state index contributed by atoms with van der Waals surface area (Å²) < 4.78 is 4.99. The van der Waals surface area contributed by atoms with E-state index in [9.17, 15) is 9.59 Å². The van der Waals surface area contributed by atoms with Crippen LogP contribution in [0.3, 0.4) is 0 Å². The first kappa shape index (κ1) is 24.8. The molecular formula is C25H32N4O3. The molecule has 32 heavy (non-hydrogen) atoms. The Morgan fingerprint density at radius 1 is 1.09 bits per heavy atom. The zero-order valence-electron chi connectivity index (χ0n) is 19.3. The molecule has 0 aromatic heterocycles. The van der Waals surface area contributed by atoms with Crippen LogP contribution in [0.15, 0.2) is 65.3 Å². The van der Waals surface area contributed by atoms with Crippen molar-refractivity contribution in [2.75, 3.05) is 17.7 Å². The van der Waals surface area contributed by atoms with Gasteiger partial charge in [-0.15, -0.1) is 0 Å². The van der Waals surface area contributed by atoms with Crippen molar-refractivity contribution in [3.63, 3.8) is 0 Å². The molecule has 1 atom stereocenters. The van der Waals surface area contributed by atoms with Crippen LogP contribution in [-0.4, -0.2) is 31.5 Å². The highest BCUT2D eigenvalue weighted by Crippen LogP contribution is 2.19. The Hall–Kier alpha value is -3.45. The average Bonchev–Trinajstić information content (AvgIpc) is 2.79. The van der Waals surface area contributed by atoms with Crippen LogP contribution >= 0.6 is 0 Å². The van der Waals surface area contributed by atoms with Gasteiger partial charge in [0.2, 0.25) is 12.3 Å². The van der Waals surface area contributed by atoms with Crippen molar-refractivity contribution in [1.82, 2.24) is 5.32 Å². The third-order valence-electron chi connectivity index (χ3n) is 4.68. The van der Waals surface area contributed by atoms with Crippen molar-refractivity contribution >= 4 is 29.4 Å². The number of methoxy groups -OCH3 is 1. The van der Waals surface area contributed by atoms with Gasteiger partial charge in [0, 0.05) is 37.8 Å². The Balaban J connectivity index is 0.000000258. The number of ether oxygens (including phenoxy) is 1. The summed E-state index contributed by atoms with van der Waals surface area (Å²) in [5.74, 6) is 0.200. The first-order chi connectivity index (χ1) is 15.3. The number of hydrogen-bond acceptors (Lipinski definition) is 5. The van der Waals surface area contributed by atoms with Crippen LogP contribution in [0, 0.1) is 0 Å². The molecule has 0 bridgehead atoms. The molecule has 7 nitrogen and oxygen atoms in total. The van der Waals surface area contributed by atoms with Gasteiger partial charge in [0.25, 0.3) is 5.91 Å². The summed E-state index contributed by atoms with van der Waals surface area (Å²) >= 11 is 0. The van der Waals surface area contributed by atoms with Crippen molar-refractivity contribution in [1.29, 1.82) is 0 Å². The minimum absolute atomic E-state index is 0.0248. The quantitative estimate of drug-likeness (QED) is 0.624. The second-order valence-corrected chi connectivity index (χ2v) is 7.60. The van der Waals surface area contributed by atoms with Crippen molar-refractivity contribution in [3.8, 4) is 0 Å². The van der Waals surface area contributed by atoms with Crippen LogP contribution in [0.2, 0.25) is 0 Å². The number of hydrogen-bond donors (Lipinski definition) is 3. The van der Waals surface area contributed by atoms with E-state index in [1.807, 2.05) is 48.5 Å². The van der Waals surface area contributed by atoms with E-state index in [1.165, 1.54) is 24.3 Å². The third kappa shape index (κ3) is 8.00. The molecule has 1 aliphatic heterocycles. The lowest BCUT2D eigenvalue weighted by Gasteiger charge is -2.16. The monoisotopic (exact) mass is 436 g/mol. The van der Waals surface area contributed by atoms with Crippen molar-refractivity contribution in [3.05, 3.63) is 71.4 Å². The second-order valence-electron chi connectivity index (χ2n) is 7.60. The van der Waals surface area contributed by atoms with Gasteiger partial charge in [-0.05, 0) is 47.7 Å². The number of carbonyl (C=O) groups is 2. The highest BCUT2D eigenvalue weighted by atomic mass is 16.5. The summed E-state index contributed by atoms with van der Waals surface area (Å²) in [5.41, 5.74) is 4.55. The number of nitrogens with zero attached hydrogens (tertiary/aromatic N) is 1. The normalized spacial score (nSPS) is 14.6. The molecule has 0 fully saturated rings. The topological polar surface area (TPSA) is 91.8 Å². The lowest BCUT2D eigenvalue weighted by molar-refractivity contribution is -0.114. The summed E-state index contributed by atoms with van der Waals surface area (Å²) in [7, 11) is 1.55. The zero-order valence-corrected chi connectivity index (χ0v) is 19.3. The lowest BCUT2D eigenvalue weighted by Crippen LogP contribution is -2.30. The Labute approximate surface area is 190 Å². The van der Waals surface area contributed by atoms with E-state index in [0.717, 1.165) is 17.8 Å². The summed E-state index contributed by atoms with van der Waals surface area (Å²) in [5, 5.41) is 8.47. The highest BCUT2D eigenvalue weighted by molar-refractivity contribution is 6.17. The van der Waals surface area contributed by atoms with E-state index >= 15 is 0 Å². The van der Waals surface area contributed by atoms with Crippen LogP contribution in [0.5, 0.6) is 0 Å². The fourth-order valence-electron chi connectivity index (χ4n) is 2.89. The minimum Gasteiger partial charge on any atom is -0.347 e. The molecule has 0 aliphatic carbocycles. The molecule has 170 valence electrons. The highest BCUT2D eigenvalue weighted by Gasteiger charge is 2.13. The molecule has 1 aliphatic rings. The van der Waals surface area contributed by atoms with Crippen molar-refractivity contribution < 1.29 is 14.3 Å². The minimum atomic E-state index is -0.421. The smallest absolute Gasteiger partial charge is 0.258 e. The van der Waals surface area contributed by atoms with Gasteiger partial charge in [-0.25, -0.2) is 4.99 Å². The van der Waals surface area contributed by atoms with Crippen molar-refractivity contribution in [2.24, 2.45) is 4.99 Å². The molecule has 7 heteroatoms. The van der Waals surface area contributed by atoms with E-state index in [4.69, 9.17) is 4.74 Å². The molecule has 3 rings (SSSR count). The SMILES string of the molecule is CCc1cccc(NC(C)=O)c1.COC1N=CC(C(=O)Nc2cccc(C(C)C)c2)=CN1. The van der Waals surface area contributed by atoms with Gasteiger partial charge in [-0.1, -0.05) is 45.0 Å². The first-order valence-electron chi connectivity index (χ1n) is 10.6. The first-order valence-corrected chi connectivity index (χ1v) is 10.6. The number of amides is 2. The third-order valence-corrected chi connectivity index (χ3v) is 4.68. The van der Waals surface area contributed by atoms with Gasteiger partial charge >= 0.3 is 0 Å². The van der Waals surface area contributed by atoms with Gasteiger partial charge in [0.15, 0.2) is 0 Å². The molecule has 0 spiro atoms. The molecule has 1 unspecified atom stereocenters. The number of aliphatic imine (C=N–C) groups is 1. The average molecular weight is 437 g/mol. The number of carbonyl (C=O) groups excluding carboxylic acids is 2. The molecule has 0 radical (unpaired) electrons. The number of aryl methyl sites for hydroxylation is 1. The van der Waals surface area contributed by atoms with E-state index < -0.39 is 6.35 Å². The summed E-state index contributed by atoms with van der Waals surface area (Å²) in [6, 6.07) is 15.7. The molecular weight excluding hydrogens is 404 g/mol. The predicted octanol–water partition coefficient (Wildman–Crippen LogP) is 4.44. The summed E-state index contributed by atoms with van der Waals surface area (Å²) in [6.45, 7) is 7.84. The summed E-state index contributed by atoms with van der Waals surface area (Å²) in [4.78, 5) is 26.8. The van der Waals surface area contributed by atoms with E-state index in [0.29, 0.717) is 11.5 Å². The Morgan fingerprint density at radius 3 is 2.34 bits per heavy atom. The fourth-order valence-corrected chi connectivity index (χ4v) is 2.89. The second kappa shape index (κ2) is 12.4. The van der Waals surface area contributed by atoms with E-state index in [2.05, 4.69) is 41.7 Å². The van der Waals surface area contributed by atoms with Crippen LogP contribution in [0.4, 0.5) is 11.4 Å². The van der Waals surface area contributed by atoms with Crippen LogP contribution in [0.25, 0.3) is 0 Å².